The van der Waals surface area contributed by atoms with Gasteiger partial charge in [-0.2, -0.15) is 0 Å². The fraction of sp³-hybridized carbons (Fsp3) is 0.417. The van der Waals surface area contributed by atoms with Crippen molar-refractivity contribution in [1.29, 1.82) is 0 Å². The number of likely N-dealkylation sites (N-methyl/N-ethyl adjacent to an activating group) is 1. The second-order valence-corrected chi connectivity index (χ2v) is 8.43. The van der Waals surface area contributed by atoms with Crippen LogP contribution >= 0.6 is 0 Å². The minimum Gasteiger partial charge on any atom is -0.369 e. The van der Waals surface area contributed by atoms with Crippen molar-refractivity contribution in [2.75, 3.05) is 38.1 Å². The first-order valence-electron chi connectivity index (χ1n) is 10.8. The number of nitrogens with zero attached hydrogens (tertiary/aromatic N) is 2. The quantitative estimate of drug-likeness (QED) is 0.690. The van der Waals surface area contributed by atoms with Crippen LogP contribution in [0.3, 0.4) is 0 Å². The second kappa shape index (κ2) is 10.5. The molecule has 32 heavy (non-hydrogen) atoms. The molecule has 1 aliphatic heterocycles. The van der Waals surface area contributed by atoms with Gasteiger partial charge >= 0.3 is 0 Å². The third-order valence-electron chi connectivity index (χ3n) is 5.71. The van der Waals surface area contributed by atoms with Gasteiger partial charge in [0.2, 0.25) is 5.91 Å². The summed E-state index contributed by atoms with van der Waals surface area (Å²) in [6.45, 7) is 7.56. The highest BCUT2D eigenvalue weighted by atomic mass is 19.1. The van der Waals surface area contributed by atoms with Crippen LogP contribution in [0.2, 0.25) is 0 Å². The first-order valence-corrected chi connectivity index (χ1v) is 10.8. The molecule has 1 saturated heterocycles. The van der Waals surface area contributed by atoms with Crippen molar-refractivity contribution in [3.63, 3.8) is 0 Å². The summed E-state index contributed by atoms with van der Waals surface area (Å²) in [4.78, 5) is 29.9. The molecule has 2 aromatic rings. The normalized spacial score (nSPS) is 15.5. The molecule has 0 spiro atoms. The monoisotopic (exact) mass is 444 g/mol. The van der Waals surface area contributed by atoms with Gasteiger partial charge in [0.05, 0.1) is 0 Å². The Kier molecular flexibility index (Phi) is 7.80. The predicted molar refractivity (Wildman–Crippen MR) is 120 cm³/mol. The van der Waals surface area contributed by atoms with Crippen LogP contribution in [0.5, 0.6) is 0 Å². The maximum absolute atomic E-state index is 14.0. The summed E-state index contributed by atoms with van der Waals surface area (Å²) in [5.41, 5.74) is 1.35. The van der Waals surface area contributed by atoms with E-state index < -0.39 is 35.1 Å². The summed E-state index contributed by atoms with van der Waals surface area (Å²) in [6, 6.07) is 10.2. The lowest BCUT2D eigenvalue weighted by Crippen LogP contribution is -2.50. The standard InChI is InChI=1S/C24H30F2N4O2/c1-16(2)22(28-23(31)21-18(25)8-6-9-19(21)26)24(32)27-15-17-7-4-5-10-20(17)30-13-11-29(3)12-14-30/h4-10,16,22H,11-15H2,1-3H3,(H,27,32)(H,28,31)/t22-/m0/s1. The third-order valence-corrected chi connectivity index (χ3v) is 5.71. The molecular formula is C24H30F2N4O2. The lowest BCUT2D eigenvalue weighted by atomic mass is 10.0. The van der Waals surface area contributed by atoms with Crippen molar-refractivity contribution in [3.05, 3.63) is 65.2 Å². The molecule has 0 aromatic heterocycles. The number of nitrogens with one attached hydrogen (secondary N) is 2. The number of hydrogen-bond acceptors (Lipinski definition) is 4. The Balaban J connectivity index is 1.68. The van der Waals surface area contributed by atoms with Gasteiger partial charge in [-0.05, 0) is 36.7 Å². The molecule has 1 heterocycles. The van der Waals surface area contributed by atoms with E-state index in [1.165, 1.54) is 6.07 Å². The smallest absolute Gasteiger partial charge is 0.257 e. The van der Waals surface area contributed by atoms with Crippen LogP contribution < -0.4 is 15.5 Å². The van der Waals surface area contributed by atoms with E-state index in [2.05, 4.69) is 27.5 Å². The van der Waals surface area contributed by atoms with E-state index in [0.717, 1.165) is 49.6 Å². The molecule has 0 unspecified atom stereocenters. The maximum atomic E-state index is 14.0. The molecule has 0 aliphatic carbocycles. The van der Waals surface area contributed by atoms with Crippen LogP contribution in [0.1, 0.15) is 29.8 Å². The zero-order chi connectivity index (χ0) is 23.3. The Morgan fingerprint density at radius 2 is 1.59 bits per heavy atom. The average Bonchev–Trinajstić information content (AvgIpc) is 2.76. The Morgan fingerprint density at radius 1 is 0.969 bits per heavy atom. The SMILES string of the molecule is CC(C)[C@H](NC(=O)c1c(F)cccc1F)C(=O)NCc1ccccc1N1CCN(C)CC1. The average molecular weight is 445 g/mol. The lowest BCUT2D eigenvalue weighted by molar-refractivity contribution is -0.124. The minimum absolute atomic E-state index is 0.276. The summed E-state index contributed by atoms with van der Waals surface area (Å²) in [6.07, 6.45) is 0. The van der Waals surface area contributed by atoms with Crippen LogP contribution in [0.15, 0.2) is 42.5 Å². The molecule has 1 aliphatic rings. The molecule has 2 N–H and O–H groups in total. The highest BCUT2D eigenvalue weighted by Gasteiger charge is 2.27. The third kappa shape index (κ3) is 5.62. The summed E-state index contributed by atoms with van der Waals surface area (Å²) >= 11 is 0. The van der Waals surface area contributed by atoms with Crippen molar-refractivity contribution >= 4 is 17.5 Å². The number of benzene rings is 2. The summed E-state index contributed by atoms with van der Waals surface area (Å²) in [7, 11) is 2.09. The van der Waals surface area contributed by atoms with Crippen molar-refractivity contribution in [3.8, 4) is 0 Å². The fourth-order valence-corrected chi connectivity index (χ4v) is 3.77. The maximum Gasteiger partial charge on any atom is 0.257 e. The molecule has 3 rings (SSSR count). The van der Waals surface area contributed by atoms with E-state index in [1.807, 2.05) is 24.3 Å². The Hall–Kier alpha value is -3.00. The van der Waals surface area contributed by atoms with Crippen LogP contribution in [-0.4, -0.2) is 56.0 Å². The Bertz CT molecular complexity index is 939. The van der Waals surface area contributed by atoms with E-state index in [1.54, 1.807) is 13.8 Å². The summed E-state index contributed by atoms with van der Waals surface area (Å²) in [5.74, 6) is -3.56. The number of piperazine rings is 1. The van der Waals surface area contributed by atoms with Gasteiger partial charge in [0.15, 0.2) is 0 Å². The lowest BCUT2D eigenvalue weighted by Gasteiger charge is -2.35. The first-order chi connectivity index (χ1) is 15.3. The largest absolute Gasteiger partial charge is 0.369 e. The molecule has 6 nitrogen and oxygen atoms in total. The molecule has 0 radical (unpaired) electrons. The first kappa shape index (κ1) is 23.7. The van der Waals surface area contributed by atoms with E-state index in [-0.39, 0.29) is 12.5 Å². The highest BCUT2D eigenvalue weighted by molar-refractivity contribution is 5.98. The number of carbonyl (C=O) groups excluding carboxylic acids is 2. The zero-order valence-electron chi connectivity index (χ0n) is 18.7. The Labute approximate surface area is 187 Å². The molecule has 2 aromatic carbocycles. The molecule has 2 amide bonds. The number of hydrogen-bond donors (Lipinski definition) is 2. The van der Waals surface area contributed by atoms with E-state index in [4.69, 9.17) is 0 Å². The fourth-order valence-electron chi connectivity index (χ4n) is 3.77. The minimum atomic E-state index is -0.966. The van der Waals surface area contributed by atoms with Gasteiger partial charge in [-0.25, -0.2) is 8.78 Å². The van der Waals surface area contributed by atoms with Crippen molar-refractivity contribution < 1.29 is 18.4 Å². The zero-order valence-corrected chi connectivity index (χ0v) is 18.7. The van der Waals surface area contributed by atoms with E-state index >= 15 is 0 Å². The summed E-state index contributed by atoms with van der Waals surface area (Å²) < 4.78 is 27.9. The number of amides is 2. The molecular weight excluding hydrogens is 414 g/mol. The molecule has 0 saturated carbocycles. The number of para-hydroxylation sites is 1. The van der Waals surface area contributed by atoms with Gasteiger partial charge in [0.25, 0.3) is 5.91 Å². The molecule has 1 atom stereocenters. The number of anilines is 1. The van der Waals surface area contributed by atoms with Gasteiger partial charge in [-0.3, -0.25) is 9.59 Å². The van der Waals surface area contributed by atoms with Crippen molar-refractivity contribution in [2.24, 2.45) is 5.92 Å². The van der Waals surface area contributed by atoms with Crippen LogP contribution in [0.4, 0.5) is 14.5 Å². The van der Waals surface area contributed by atoms with Gasteiger partial charge < -0.3 is 20.4 Å². The number of halogens is 2. The van der Waals surface area contributed by atoms with Crippen LogP contribution in [0.25, 0.3) is 0 Å². The topological polar surface area (TPSA) is 64.7 Å². The Morgan fingerprint density at radius 3 is 2.22 bits per heavy atom. The molecule has 1 fully saturated rings. The molecule has 0 bridgehead atoms. The van der Waals surface area contributed by atoms with Gasteiger partial charge in [-0.1, -0.05) is 38.1 Å². The van der Waals surface area contributed by atoms with Crippen LogP contribution in [-0.2, 0) is 11.3 Å². The summed E-state index contributed by atoms with van der Waals surface area (Å²) in [5, 5.41) is 5.36. The van der Waals surface area contributed by atoms with E-state index in [9.17, 15) is 18.4 Å². The van der Waals surface area contributed by atoms with Crippen molar-refractivity contribution in [2.45, 2.75) is 26.4 Å². The highest BCUT2D eigenvalue weighted by Crippen LogP contribution is 2.22. The van der Waals surface area contributed by atoms with Crippen LogP contribution in [0, 0.1) is 17.6 Å². The van der Waals surface area contributed by atoms with Gasteiger partial charge in [0, 0.05) is 38.4 Å². The number of carbonyl (C=O) groups is 2. The molecule has 8 heteroatoms. The van der Waals surface area contributed by atoms with Gasteiger partial charge in [-0.15, -0.1) is 0 Å². The van der Waals surface area contributed by atoms with Gasteiger partial charge in [0.1, 0.15) is 23.2 Å². The van der Waals surface area contributed by atoms with E-state index in [0.29, 0.717) is 0 Å². The predicted octanol–water partition coefficient (Wildman–Crippen LogP) is 2.79. The van der Waals surface area contributed by atoms with Crippen molar-refractivity contribution in [1.82, 2.24) is 15.5 Å². The molecule has 172 valence electrons. The second-order valence-electron chi connectivity index (χ2n) is 8.43. The number of rotatable bonds is 7.